The molecule has 2 aromatic rings. The molecule has 1 fully saturated rings. The second kappa shape index (κ2) is 8.14. The molecule has 1 unspecified atom stereocenters. The van der Waals surface area contributed by atoms with E-state index in [9.17, 15) is 14.9 Å². The minimum Gasteiger partial charge on any atom is -0.337 e. The predicted molar refractivity (Wildman–Crippen MR) is 111 cm³/mol. The van der Waals surface area contributed by atoms with E-state index < -0.39 is 5.54 Å². The molecule has 0 saturated heterocycles. The number of amides is 1. The third-order valence-corrected chi connectivity index (χ3v) is 6.00. The molecule has 0 radical (unpaired) electrons. The van der Waals surface area contributed by atoms with E-state index in [1.165, 1.54) is 11.8 Å². The van der Waals surface area contributed by atoms with Crippen molar-refractivity contribution in [2.24, 2.45) is 11.8 Å². The van der Waals surface area contributed by atoms with Gasteiger partial charge in [-0.1, -0.05) is 37.2 Å². The van der Waals surface area contributed by atoms with Crippen molar-refractivity contribution < 1.29 is 4.79 Å². The first-order valence-corrected chi connectivity index (χ1v) is 10.6. The van der Waals surface area contributed by atoms with Crippen molar-refractivity contribution in [2.45, 2.75) is 50.9 Å². The van der Waals surface area contributed by atoms with Gasteiger partial charge in [0.15, 0.2) is 5.16 Å². The Kier molecular flexibility index (Phi) is 6.01. The van der Waals surface area contributed by atoms with Crippen LogP contribution in [0.1, 0.15) is 33.6 Å². The van der Waals surface area contributed by atoms with Crippen LogP contribution < -0.4 is 10.9 Å². The van der Waals surface area contributed by atoms with Gasteiger partial charge < -0.3 is 5.32 Å². The van der Waals surface area contributed by atoms with Crippen LogP contribution in [0.5, 0.6) is 0 Å². The average Bonchev–Trinajstić information content (AvgIpc) is 3.48. The molecule has 0 spiro atoms. The smallest absolute Gasteiger partial charge is 0.262 e. The Morgan fingerprint density at radius 2 is 2.21 bits per heavy atom. The summed E-state index contributed by atoms with van der Waals surface area (Å²) in [7, 11) is 0. The van der Waals surface area contributed by atoms with Crippen LogP contribution in [-0.2, 0) is 11.3 Å². The Bertz CT molecular complexity index is 1010. The summed E-state index contributed by atoms with van der Waals surface area (Å²) in [6.45, 7) is 6.30. The number of carbonyl (C=O) groups excluding carboxylic acids is 1. The number of fused-ring (bicyclic) bond motifs is 1. The van der Waals surface area contributed by atoms with E-state index in [1.54, 1.807) is 29.7 Å². The van der Waals surface area contributed by atoms with Crippen molar-refractivity contribution >= 4 is 40.2 Å². The summed E-state index contributed by atoms with van der Waals surface area (Å²) in [5.41, 5.74) is -0.441. The number of nitrogens with zero attached hydrogens (tertiary/aromatic N) is 3. The number of hydrogen-bond acceptors (Lipinski definition) is 5. The van der Waals surface area contributed by atoms with Crippen LogP contribution >= 0.6 is 23.4 Å². The molecule has 6 nitrogen and oxygen atoms in total. The maximum atomic E-state index is 13.0. The van der Waals surface area contributed by atoms with Crippen LogP contribution in [0, 0.1) is 23.2 Å². The molecule has 1 aliphatic carbocycles. The van der Waals surface area contributed by atoms with E-state index >= 15 is 0 Å². The van der Waals surface area contributed by atoms with Gasteiger partial charge in [0.05, 0.1) is 22.7 Å². The Labute approximate surface area is 173 Å². The van der Waals surface area contributed by atoms with Crippen LogP contribution in [0.3, 0.4) is 0 Å². The van der Waals surface area contributed by atoms with Crippen molar-refractivity contribution in [3.8, 4) is 6.07 Å². The summed E-state index contributed by atoms with van der Waals surface area (Å²) in [6, 6.07) is 7.25. The number of thioether (sulfide) groups is 1. The zero-order chi connectivity index (χ0) is 20.5. The minimum absolute atomic E-state index is 0.0909. The van der Waals surface area contributed by atoms with E-state index in [0.717, 1.165) is 12.8 Å². The summed E-state index contributed by atoms with van der Waals surface area (Å²) in [5, 5.41) is 13.7. The van der Waals surface area contributed by atoms with E-state index in [1.807, 2.05) is 13.8 Å². The molecule has 1 heterocycles. The van der Waals surface area contributed by atoms with Gasteiger partial charge >= 0.3 is 0 Å². The summed E-state index contributed by atoms with van der Waals surface area (Å²) < 4.78 is 1.60. The molecule has 1 amide bonds. The first kappa shape index (κ1) is 20.7. The zero-order valence-corrected chi connectivity index (χ0v) is 17.7. The van der Waals surface area contributed by atoms with Crippen LogP contribution in [0.15, 0.2) is 28.2 Å². The molecular weight excluding hydrogens is 396 g/mol. The number of benzene rings is 1. The number of nitrogens with one attached hydrogen (secondary N) is 1. The Hall–Kier alpha value is -2.04. The normalized spacial score (nSPS) is 16.0. The largest absolute Gasteiger partial charge is 0.337 e. The predicted octanol–water partition coefficient (Wildman–Crippen LogP) is 3.61. The fraction of sp³-hybridized carbons (Fsp3) is 0.500. The standard InChI is InChI=1S/C20H23ClN4O2S/c1-12(2)9-25-18(27)15-8-14(21)6-7-16(15)23-19(25)28-10-17(26)24-20(3,11-22)13-4-5-13/h6-8,12-13H,4-5,9-10H2,1-3H3,(H,24,26). The summed E-state index contributed by atoms with van der Waals surface area (Å²) in [4.78, 5) is 30.0. The van der Waals surface area contributed by atoms with Crippen LogP contribution in [0.2, 0.25) is 5.02 Å². The molecule has 8 heteroatoms. The van der Waals surface area contributed by atoms with Gasteiger partial charge in [-0.05, 0) is 49.8 Å². The average molecular weight is 419 g/mol. The van der Waals surface area contributed by atoms with Gasteiger partial charge in [0.2, 0.25) is 5.91 Å². The van der Waals surface area contributed by atoms with Crippen molar-refractivity contribution in [1.29, 1.82) is 5.26 Å². The molecule has 1 aromatic carbocycles. The summed E-state index contributed by atoms with van der Waals surface area (Å²) in [5.74, 6) is 0.311. The first-order chi connectivity index (χ1) is 13.2. The third kappa shape index (κ3) is 4.50. The zero-order valence-electron chi connectivity index (χ0n) is 16.2. The summed E-state index contributed by atoms with van der Waals surface area (Å²) in [6.07, 6.45) is 1.92. The maximum absolute atomic E-state index is 13.0. The first-order valence-electron chi connectivity index (χ1n) is 9.28. The van der Waals surface area contributed by atoms with Crippen molar-refractivity contribution in [1.82, 2.24) is 14.9 Å². The molecule has 1 aromatic heterocycles. The van der Waals surface area contributed by atoms with Gasteiger partial charge in [0.1, 0.15) is 5.54 Å². The highest BCUT2D eigenvalue weighted by atomic mass is 35.5. The lowest BCUT2D eigenvalue weighted by Crippen LogP contribution is -2.47. The Morgan fingerprint density at radius 1 is 1.50 bits per heavy atom. The lowest BCUT2D eigenvalue weighted by molar-refractivity contribution is -0.119. The number of halogens is 1. The van der Waals surface area contributed by atoms with Crippen LogP contribution in [-0.4, -0.2) is 26.8 Å². The number of nitriles is 1. The SMILES string of the molecule is CC(C)Cn1c(SCC(=O)NC(C)(C#N)C2CC2)nc2ccc(Cl)cc2c1=O. The number of carbonyl (C=O) groups is 1. The van der Waals surface area contributed by atoms with Gasteiger partial charge in [-0.3, -0.25) is 14.2 Å². The van der Waals surface area contributed by atoms with Crippen LogP contribution in [0.4, 0.5) is 0 Å². The number of rotatable bonds is 7. The van der Waals surface area contributed by atoms with Gasteiger partial charge in [0, 0.05) is 11.6 Å². The van der Waals surface area contributed by atoms with Crippen molar-refractivity contribution in [3.63, 3.8) is 0 Å². The van der Waals surface area contributed by atoms with Gasteiger partial charge in [0.25, 0.3) is 5.56 Å². The Balaban J connectivity index is 1.85. The second-order valence-corrected chi connectivity index (χ2v) is 9.17. The number of aromatic nitrogens is 2. The highest BCUT2D eigenvalue weighted by Gasteiger charge is 2.42. The maximum Gasteiger partial charge on any atom is 0.262 e. The topological polar surface area (TPSA) is 87.8 Å². The third-order valence-electron chi connectivity index (χ3n) is 4.79. The highest BCUT2D eigenvalue weighted by molar-refractivity contribution is 7.99. The lowest BCUT2D eigenvalue weighted by Gasteiger charge is -2.22. The molecule has 0 bridgehead atoms. The van der Waals surface area contributed by atoms with E-state index in [-0.39, 0.29) is 29.1 Å². The minimum atomic E-state index is -0.831. The van der Waals surface area contributed by atoms with Gasteiger partial charge in [-0.25, -0.2) is 4.98 Å². The van der Waals surface area contributed by atoms with Crippen LogP contribution in [0.25, 0.3) is 10.9 Å². The molecule has 1 atom stereocenters. The fourth-order valence-electron chi connectivity index (χ4n) is 3.15. The van der Waals surface area contributed by atoms with E-state index in [2.05, 4.69) is 16.4 Å². The fourth-order valence-corrected chi connectivity index (χ4v) is 4.13. The quantitative estimate of drug-likeness (QED) is 0.548. The second-order valence-electron chi connectivity index (χ2n) is 7.79. The molecule has 3 rings (SSSR count). The molecule has 1 aliphatic rings. The van der Waals surface area contributed by atoms with Gasteiger partial charge in [-0.2, -0.15) is 5.26 Å². The highest BCUT2D eigenvalue weighted by Crippen LogP contribution is 2.39. The molecule has 28 heavy (non-hydrogen) atoms. The number of hydrogen-bond donors (Lipinski definition) is 1. The van der Waals surface area contributed by atoms with E-state index in [4.69, 9.17) is 11.6 Å². The van der Waals surface area contributed by atoms with Crippen molar-refractivity contribution in [3.05, 3.63) is 33.6 Å². The van der Waals surface area contributed by atoms with E-state index in [0.29, 0.717) is 27.6 Å². The molecule has 1 saturated carbocycles. The van der Waals surface area contributed by atoms with Gasteiger partial charge in [-0.15, -0.1) is 0 Å². The van der Waals surface area contributed by atoms with Crippen molar-refractivity contribution in [2.75, 3.05) is 5.75 Å². The Morgan fingerprint density at radius 3 is 2.82 bits per heavy atom. The monoisotopic (exact) mass is 418 g/mol. The molecule has 0 aliphatic heterocycles. The molecule has 1 N–H and O–H groups in total. The summed E-state index contributed by atoms with van der Waals surface area (Å²) >= 11 is 7.25. The lowest BCUT2D eigenvalue weighted by atomic mass is 9.98. The molecular formula is C20H23ClN4O2S. The molecule has 148 valence electrons.